The molecule has 2 atom stereocenters. The normalized spacial score (nSPS) is 24.2. The molecule has 3 saturated heterocycles. The van der Waals surface area contributed by atoms with E-state index in [4.69, 9.17) is 4.74 Å². The second kappa shape index (κ2) is 18.2. The summed E-state index contributed by atoms with van der Waals surface area (Å²) in [5, 5.41) is 9.52. The zero-order chi connectivity index (χ0) is 44.5. The maximum absolute atomic E-state index is 15.7. The monoisotopic (exact) mass is 880 g/mol. The van der Waals surface area contributed by atoms with Gasteiger partial charge in [0.1, 0.15) is 29.5 Å². The van der Waals surface area contributed by atoms with E-state index in [1.54, 1.807) is 39.8 Å². The molecule has 0 aliphatic carbocycles. The van der Waals surface area contributed by atoms with E-state index in [-0.39, 0.29) is 67.1 Å². The van der Waals surface area contributed by atoms with E-state index in [2.05, 4.69) is 30.8 Å². The number of fused-ring (bicyclic) bond motifs is 10. The van der Waals surface area contributed by atoms with E-state index in [1.165, 1.54) is 17.3 Å². The highest BCUT2D eigenvalue weighted by Crippen LogP contribution is 2.39. The number of carbonyl (C=O) groups excluding carboxylic acids is 4. The highest BCUT2D eigenvalue weighted by molar-refractivity contribution is 6.08. The molecule has 4 amide bonds. The van der Waals surface area contributed by atoms with Crippen LogP contribution in [0.3, 0.4) is 0 Å². The zero-order valence-electron chi connectivity index (χ0n) is 36.0. The summed E-state index contributed by atoms with van der Waals surface area (Å²) in [4.78, 5) is 82.4. The second-order valence-corrected chi connectivity index (χ2v) is 17.6. The summed E-state index contributed by atoms with van der Waals surface area (Å²) in [6.07, 6.45) is 3.97. The number of nitrogens with one attached hydrogen (secondary N) is 3. The second-order valence-electron chi connectivity index (χ2n) is 17.6. The van der Waals surface area contributed by atoms with E-state index in [0.29, 0.717) is 105 Å². The summed E-state index contributed by atoms with van der Waals surface area (Å²) in [7, 11) is 0. The van der Waals surface area contributed by atoms with Crippen LogP contribution in [-0.2, 0) is 38.1 Å². The molecule has 0 radical (unpaired) electrons. The molecule has 338 valence electrons. The molecule has 0 spiro atoms. The van der Waals surface area contributed by atoms with Gasteiger partial charge in [-0.1, -0.05) is 30.3 Å². The number of nitrogens with zero attached hydrogens (tertiary/aromatic N) is 7. The summed E-state index contributed by atoms with van der Waals surface area (Å²) >= 11 is 0. The molecule has 3 fully saturated rings. The highest BCUT2D eigenvalue weighted by Gasteiger charge is 2.41. The third kappa shape index (κ3) is 8.89. The molecule has 16 nitrogen and oxygen atoms in total. The number of pyridine rings is 1. The number of carbonyl (C=O) groups is 4. The largest absolute Gasteiger partial charge is 0.381 e. The highest BCUT2D eigenvalue weighted by atomic mass is 19.3. The smallest absolute Gasteiger partial charge is 0.275 e. The molecule has 4 aromatic rings. The Morgan fingerprint density at radius 1 is 0.938 bits per heavy atom. The number of benzene rings is 2. The van der Waals surface area contributed by atoms with Crippen LogP contribution in [0.15, 0.2) is 59.7 Å². The van der Waals surface area contributed by atoms with Crippen molar-refractivity contribution in [2.24, 2.45) is 5.92 Å². The molecule has 18 heteroatoms. The summed E-state index contributed by atoms with van der Waals surface area (Å²) in [5.74, 6) is -3.91. The van der Waals surface area contributed by atoms with E-state index in [9.17, 15) is 24.0 Å². The first-order valence-electron chi connectivity index (χ1n) is 22.4. The molecule has 8 bridgehead atoms. The Kier molecular flexibility index (Phi) is 12.3. The van der Waals surface area contributed by atoms with Crippen LogP contribution in [0.1, 0.15) is 78.5 Å². The predicted octanol–water partition coefficient (Wildman–Crippen LogP) is 4.10. The van der Waals surface area contributed by atoms with Gasteiger partial charge in [-0.15, -0.1) is 0 Å². The Labute approximate surface area is 369 Å². The van der Waals surface area contributed by atoms with Gasteiger partial charge in [0.2, 0.25) is 17.7 Å². The number of aryl methyl sites for hydroxylation is 1. The molecule has 6 aliphatic heterocycles. The number of hydrogen-bond donors (Lipinski definition) is 3. The average Bonchev–Trinajstić information content (AvgIpc) is 3.61. The lowest BCUT2D eigenvalue weighted by molar-refractivity contribution is -0.137. The number of alkyl halides is 2. The van der Waals surface area contributed by atoms with Crippen LogP contribution < -0.4 is 26.4 Å². The van der Waals surface area contributed by atoms with Gasteiger partial charge in [0.15, 0.2) is 0 Å². The SMILES string of the molecule is C[C@H]1Nc2ncnc3c2cc(N2CCN(C(=O)CNc4cccc5c4C(=O)N(C4CCC(=O)NC4=O)C5)CC2)c(=O)n3CCCOCCCCN2CC(C2)CC(F)(F)c2cccc1c2. The van der Waals surface area contributed by atoms with Gasteiger partial charge >= 0.3 is 0 Å². The van der Waals surface area contributed by atoms with Crippen molar-refractivity contribution in [2.75, 3.05) is 81.1 Å². The number of aromatic nitrogens is 3. The number of anilines is 3. The van der Waals surface area contributed by atoms with Gasteiger partial charge in [-0.2, -0.15) is 0 Å². The van der Waals surface area contributed by atoms with Crippen molar-refractivity contribution in [1.82, 2.24) is 34.6 Å². The minimum absolute atomic E-state index is 0.00878. The molecule has 0 saturated carbocycles. The molecule has 2 aromatic carbocycles. The van der Waals surface area contributed by atoms with Gasteiger partial charge in [-0.3, -0.25) is 33.9 Å². The van der Waals surface area contributed by atoms with Gasteiger partial charge in [0, 0.05) is 95.7 Å². The predicted molar refractivity (Wildman–Crippen MR) is 235 cm³/mol. The van der Waals surface area contributed by atoms with Crippen LogP contribution in [0, 0.1) is 5.92 Å². The van der Waals surface area contributed by atoms with Gasteiger partial charge in [-0.05, 0) is 74.4 Å². The number of ether oxygens (including phenoxy) is 1. The lowest BCUT2D eigenvalue weighted by Gasteiger charge is -2.41. The maximum Gasteiger partial charge on any atom is 0.275 e. The van der Waals surface area contributed by atoms with Crippen LogP contribution >= 0.6 is 0 Å². The quantitative estimate of drug-likeness (QED) is 0.246. The molecule has 8 heterocycles. The van der Waals surface area contributed by atoms with Gasteiger partial charge < -0.3 is 35.0 Å². The fraction of sp³-hybridized carbons (Fsp3) is 0.500. The third-order valence-electron chi connectivity index (χ3n) is 13.2. The number of hydrogen-bond acceptors (Lipinski definition) is 12. The van der Waals surface area contributed by atoms with Crippen LogP contribution in [0.4, 0.5) is 26.0 Å². The van der Waals surface area contributed by atoms with Gasteiger partial charge in [0.05, 0.1) is 17.5 Å². The van der Waals surface area contributed by atoms with Crippen molar-refractivity contribution in [3.05, 3.63) is 87.5 Å². The number of piperazine rings is 1. The average molecular weight is 881 g/mol. The first kappa shape index (κ1) is 43.3. The first-order chi connectivity index (χ1) is 30.9. The van der Waals surface area contributed by atoms with Crippen molar-refractivity contribution < 1.29 is 32.7 Å². The van der Waals surface area contributed by atoms with Crippen molar-refractivity contribution in [3.8, 4) is 0 Å². The van der Waals surface area contributed by atoms with Crippen LogP contribution in [0.2, 0.25) is 0 Å². The minimum atomic E-state index is -2.97. The molecular weight excluding hydrogens is 827 g/mol. The Bertz CT molecular complexity index is 2500. The van der Waals surface area contributed by atoms with Gasteiger partial charge in [-0.25, -0.2) is 18.7 Å². The zero-order valence-corrected chi connectivity index (χ0v) is 36.0. The lowest BCUT2D eigenvalue weighted by atomic mass is 9.89. The Hall–Kier alpha value is -6.01. The van der Waals surface area contributed by atoms with Crippen LogP contribution in [0.5, 0.6) is 0 Å². The van der Waals surface area contributed by atoms with E-state index in [1.807, 2.05) is 24.0 Å². The fourth-order valence-corrected chi connectivity index (χ4v) is 9.72. The van der Waals surface area contributed by atoms with Crippen molar-refractivity contribution in [2.45, 2.75) is 76.5 Å². The van der Waals surface area contributed by atoms with Crippen LogP contribution in [-0.4, -0.2) is 124 Å². The van der Waals surface area contributed by atoms with Crippen LogP contribution in [0.25, 0.3) is 11.0 Å². The van der Waals surface area contributed by atoms with Crippen molar-refractivity contribution >= 4 is 51.9 Å². The fourth-order valence-electron chi connectivity index (χ4n) is 9.72. The standard InChI is InChI=1S/C46H54F2N10O6/c1-29-31-7-4-9-33(21-31)46(47,48)23-30-25-54(26-30)13-2-3-19-64-20-6-14-57-42-34(41(52-29)50-28-51-42)22-37(44(57)62)55-15-17-56(18-16-55)39(60)24-49-35-10-5-8-32-27-58(45(63)40(32)35)36-11-12-38(59)53-43(36)61/h4-5,7-10,21-22,28-30,36,49H,2-3,6,11-20,23-27H2,1H3,(H,50,51,52)(H,53,59,61)/t29-,36?/m1/s1. The summed E-state index contributed by atoms with van der Waals surface area (Å²) in [6.45, 7) is 7.07. The van der Waals surface area contributed by atoms with E-state index < -0.39 is 23.9 Å². The van der Waals surface area contributed by atoms with Crippen molar-refractivity contribution in [3.63, 3.8) is 0 Å². The molecule has 6 aliphatic rings. The number of imide groups is 1. The number of halogens is 2. The first-order valence-corrected chi connectivity index (χ1v) is 22.4. The Morgan fingerprint density at radius 2 is 1.73 bits per heavy atom. The molecular formula is C46H54F2N10O6. The summed E-state index contributed by atoms with van der Waals surface area (Å²) in [5.41, 5.74) is 2.97. The molecule has 2 aromatic heterocycles. The Morgan fingerprint density at radius 3 is 2.55 bits per heavy atom. The minimum Gasteiger partial charge on any atom is -0.381 e. The molecule has 64 heavy (non-hydrogen) atoms. The van der Waals surface area contributed by atoms with Crippen molar-refractivity contribution in [1.29, 1.82) is 0 Å². The van der Waals surface area contributed by atoms with Gasteiger partial charge in [0.25, 0.3) is 17.4 Å². The molecule has 3 N–H and O–H groups in total. The molecule has 10 rings (SSSR count). The lowest BCUT2D eigenvalue weighted by Crippen LogP contribution is -2.52. The third-order valence-corrected chi connectivity index (χ3v) is 13.2. The number of piperidine rings is 1. The van der Waals surface area contributed by atoms with E-state index in [0.717, 1.165) is 24.9 Å². The number of amides is 4. The number of rotatable bonds is 5. The van der Waals surface area contributed by atoms with E-state index >= 15 is 8.78 Å². The Balaban J connectivity index is 0.908. The summed E-state index contributed by atoms with van der Waals surface area (Å²) in [6, 6.07) is 12.5. The molecule has 1 unspecified atom stereocenters. The maximum atomic E-state index is 15.7. The summed E-state index contributed by atoms with van der Waals surface area (Å²) < 4.78 is 39.0. The topological polar surface area (TPSA) is 174 Å².